The van der Waals surface area contributed by atoms with Gasteiger partial charge in [0, 0.05) is 4.47 Å². The molecule has 48 valence electrons. The average molecular weight is 188 g/mol. The summed E-state index contributed by atoms with van der Waals surface area (Å²) in [5.74, 6) is 3.53. The molecule has 1 aromatic rings. The zero-order valence-electron chi connectivity index (χ0n) is 4.89. The minimum absolute atomic E-state index is 1.02. The van der Waals surface area contributed by atoms with Crippen LogP contribution in [0.2, 0.25) is 0 Å². The molecular formula is C6H8BrN2+. The Kier molecular flexibility index (Phi) is 2.08. The van der Waals surface area contributed by atoms with Gasteiger partial charge in [-0.2, -0.15) is 0 Å². The Morgan fingerprint density at radius 2 is 2.22 bits per heavy atom. The summed E-state index contributed by atoms with van der Waals surface area (Å²) in [6.07, 6.45) is 0. The monoisotopic (exact) mass is 187 g/mol. The maximum absolute atomic E-state index is 3.53. The van der Waals surface area contributed by atoms with E-state index in [1.54, 1.807) is 0 Å². The van der Waals surface area contributed by atoms with E-state index in [4.69, 9.17) is 0 Å². The first-order chi connectivity index (χ1) is 4.33. The Morgan fingerprint density at radius 1 is 1.44 bits per heavy atom. The van der Waals surface area contributed by atoms with E-state index in [0.717, 1.165) is 10.2 Å². The van der Waals surface area contributed by atoms with Gasteiger partial charge in [0.1, 0.15) is 0 Å². The maximum atomic E-state index is 3.53. The number of rotatable bonds is 1. The summed E-state index contributed by atoms with van der Waals surface area (Å²) in [4.78, 5) is 0. The zero-order valence-corrected chi connectivity index (χ0v) is 6.48. The number of hydrogen-bond donors (Lipinski definition) is 2. The molecule has 4 N–H and O–H groups in total. The van der Waals surface area contributed by atoms with E-state index in [0.29, 0.717) is 0 Å². The van der Waals surface area contributed by atoms with Crippen LogP contribution in [-0.2, 0) is 0 Å². The van der Waals surface area contributed by atoms with Crippen LogP contribution in [0.1, 0.15) is 0 Å². The SMILES string of the molecule is [NH3+]Nc1cccc(Br)c1. The molecule has 0 atom stereocenters. The van der Waals surface area contributed by atoms with Gasteiger partial charge in [-0.15, -0.1) is 0 Å². The van der Waals surface area contributed by atoms with Crippen molar-refractivity contribution in [1.82, 2.24) is 0 Å². The maximum Gasteiger partial charge on any atom is 0.0858 e. The molecule has 9 heavy (non-hydrogen) atoms. The molecule has 0 heterocycles. The summed E-state index contributed by atoms with van der Waals surface area (Å²) in [6.45, 7) is 0. The number of anilines is 1. The van der Waals surface area contributed by atoms with Crippen LogP contribution >= 0.6 is 15.9 Å². The number of quaternary nitrogens is 1. The second-order valence-corrected chi connectivity index (χ2v) is 2.60. The molecule has 1 aromatic carbocycles. The fourth-order valence-corrected chi connectivity index (χ4v) is 0.998. The van der Waals surface area contributed by atoms with Crippen molar-refractivity contribution in [3.8, 4) is 0 Å². The van der Waals surface area contributed by atoms with Gasteiger partial charge >= 0.3 is 0 Å². The molecule has 0 amide bonds. The van der Waals surface area contributed by atoms with Gasteiger partial charge < -0.3 is 0 Å². The normalized spacial score (nSPS) is 9.11. The van der Waals surface area contributed by atoms with Gasteiger partial charge in [0.2, 0.25) is 0 Å². The molecule has 0 saturated heterocycles. The topological polar surface area (TPSA) is 39.7 Å². The Morgan fingerprint density at radius 3 is 2.67 bits per heavy atom. The Balaban J connectivity index is 2.94. The van der Waals surface area contributed by atoms with Gasteiger partial charge in [-0.3, -0.25) is 5.84 Å². The molecule has 0 fully saturated rings. The Hall–Kier alpha value is -0.540. The van der Waals surface area contributed by atoms with E-state index in [1.807, 2.05) is 24.3 Å². The van der Waals surface area contributed by atoms with Crippen LogP contribution in [0.25, 0.3) is 0 Å². The Labute approximate surface area is 62.2 Å². The Bertz CT molecular complexity index is 200. The van der Waals surface area contributed by atoms with Crippen LogP contribution in [0, 0.1) is 0 Å². The van der Waals surface area contributed by atoms with Crippen molar-refractivity contribution in [3.63, 3.8) is 0 Å². The highest BCUT2D eigenvalue weighted by molar-refractivity contribution is 9.10. The number of benzene rings is 1. The van der Waals surface area contributed by atoms with Crippen molar-refractivity contribution in [2.24, 2.45) is 0 Å². The number of halogens is 1. The molecule has 0 spiro atoms. The highest BCUT2D eigenvalue weighted by Crippen LogP contribution is 2.13. The van der Waals surface area contributed by atoms with Gasteiger partial charge in [0.05, 0.1) is 5.69 Å². The van der Waals surface area contributed by atoms with E-state index in [1.165, 1.54) is 0 Å². The summed E-state index contributed by atoms with van der Waals surface area (Å²) in [5, 5.41) is 0. The van der Waals surface area contributed by atoms with Gasteiger partial charge in [0.25, 0.3) is 0 Å². The van der Waals surface area contributed by atoms with Crippen molar-refractivity contribution in [3.05, 3.63) is 28.7 Å². The van der Waals surface area contributed by atoms with E-state index in [-0.39, 0.29) is 0 Å². The molecule has 0 aliphatic carbocycles. The highest BCUT2D eigenvalue weighted by Gasteiger charge is 1.88. The van der Waals surface area contributed by atoms with E-state index in [2.05, 4.69) is 27.2 Å². The minimum atomic E-state index is 1.02. The third-order valence-corrected chi connectivity index (χ3v) is 1.52. The fourth-order valence-electron chi connectivity index (χ4n) is 0.598. The van der Waals surface area contributed by atoms with Crippen LogP contribution in [0.15, 0.2) is 28.7 Å². The molecule has 0 aromatic heterocycles. The van der Waals surface area contributed by atoms with Crippen LogP contribution in [0.5, 0.6) is 0 Å². The van der Waals surface area contributed by atoms with Crippen molar-refractivity contribution in [2.75, 3.05) is 5.43 Å². The van der Waals surface area contributed by atoms with Gasteiger partial charge in [-0.05, 0) is 18.2 Å². The van der Waals surface area contributed by atoms with Crippen LogP contribution in [-0.4, -0.2) is 0 Å². The third-order valence-electron chi connectivity index (χ3n) is 1.03. The van der Waals surface area contributed by atoms with E-state index >= 15 is 0 Å². The predicted molar refractivity (Wildman–Crippen MR) is 40.7 cm³/mol. The second kappa shape index (κ2) is 2.85. The molecular weight excluding hydrogens is 180 g/mol. The second-order valence-electron chi connectivity index (χ2n) is 1.69. The summed E-state index contributed by atoms with van der Waals surface area (Å²) >= 11 is 3.34. The quantitative estimate of drug-likeness (QED) is 0.634. The summed E-state index contributed by atoms with van der Waals surface area (Å²) in [5.41, 5.74) is 3.81. The molecule has 0 radical (unpaired) electrons. The molecule has 1 rings (SSSR count). The lowest BCUT2D eigenvalue weighted by Crippen LogP contribution is -2.56. The van der Waals surface area contributed by atoms with Gasteiger partial charge in [-0.25, -0.2) is 5.43 Å². The van der Waals surface area contributed by atoms with Crippen LogP contribution < -0.4 is 11.3 Å². The first kappa shape index (κ1) is 6.58. The molecule has 0 aliphatic rings. The largest absolute Gasteiger partial charge is 0.258 e. The van der Waals surface area contributed by atoms with Gasteiger partial charge in [-0.1, -0.05) is 22.0 Å². The lowest BCUT2D eigenvalue weighted by molar-refractivity contribution is -0.325. The lowest BCUT2D eigenvalue weighted by atomic mass is 10.3. The highest BCUT2D eigenvalue weighted by atomic mass is 79.9. The summed E-state index contributed by atoms with van der Waals surface area (Å²) in [7, 11) is 0. The van der Waals surface area contributed by atoms with E-state index in [9.17, 15) is 0 Å². The predicted octanol–water partition coefficient (Wildman–Crippen LogP) is 1.02. The summed E-state index contributed by atoms with van der Waals surface area (Å²) in [6, 6.07) is 7.85. The van der Waals surface area contributed by atoms with Crippen molar-refractivity contribution < 1.29 is 5.84 Å². The molecule has 2 nitrogen and oxygen atoms in total. The van der Waals surface area contributed by atoms with Crippen molar-refractivity contribution >= 4 is 21.6 Å². The minimum Gasteiger partial charge on any atom is -0.258 e. The van der Waals surface area contributed by atoms with Gasteiger partial charge in [0.15, 0.2) is 0 Å². The first-order valence-electron chi connectivity index (χ1n) is 2.61. The lowest BCUT2D eigenvalue weighted by Gasteiger charge is -1.94. The fraction of sp³-hybridized carbons (Fsp3) is 0. The number of hydrogen-bond acceptors (Lipinski definition) is 1. The summed E-state index contributed by atoms with van der Waals surface area (Å²) < 4.78 is 1.07. The van der Waals surface area contributed by atoms with Crippen LogP contribution in [0.3, 0.4) is 0 Å². The van der Waals surface area contributed by atoms with E-state index < -0.39 is 0 Å². The van der Waals surface area contributed by atoms with Crippen molar-refractivity contribution in [1.29, 1.82) is 0 Å². The zero-order chi connectivity index (χ0) is 6.69. The molecule has 3 heteroatoms. The van der Waals surface area contributed by atoms with Crippen LogP contribution in [0.4, 0.5) is 5.69 Å². The number of nitrogens with one attached hydrogen (secondary N) is 1. The first-order valence-corrected chi connectivity index (χ1v) is 3.41. The third kappa shape index (κ3) is 1.69. The molecule has 0 bridgehead atoms. The van der Waals surface area contributed by atoms with Crippen molar-refractivity contribution in [2.45, 2.75) is 0 Å². The standard InChI is InChI=1S/C6H7BrN2/c7-5-2-1-3-6(4-5)9-8/h1-4,9H,8H2/p+1. The molecule has 0 aliphatic heterocycles. The molecule has 0 unspecified atom stereocenters. The molecule has 0 saturated carbocycles. The average Bonchev–Trinajstić information content (AvgIpc) is 1.88. The smallest absolute Gasteiger partial charge is 0.0858 e.